The maximum atomic E-state index is 15.1. The first-order valence-electron chi connectivity index (χ1n) is 21.0. The van der Waals surface area contributed by atoms with Crippen LogP contribution in [0.1, 0.15) is 59.3 Å². The Labute approximate surface area is 375 Å². The number of halogens is 2. The van der Waals surface area contributed by atoms with Crippen molar-refractivity contribution < 1.29 is 51.1 Å². The lowest BCUT2D eigenvalue weighted by Crippen LogP contribution is -2.54. The Hall–Kier alpha value is -6.10. The van der Waals surface area contributed by atoms with E-state index in [9.17, 15) is 27.8 Å². The molecule has 7 rings (SSSR count). The van der Waals surface area contributed by atoms with Crippen molar-refractivity contribution in [2.45, 2.75) is 50.6 Å². The van der Waals surface area contributed by atoms with Gasteiger partial charge in [-0.1, -0.05) is 6.07 Å². The number of hydrogen-bond acceptors (Lipinski definition) is 14. The summed E-state index contributed by atoms with van der Waals surface area (Å²) >= 11 is 0. The van der Waals surface area contributed by atoms with Crippen molar-refractivity contribution in [1.82, 2.24) is 34.5 Å². The summed E-state index contributed by atoms with van der Waals surface area (Å²) in [4.78, 5) is 64.3. The van der Waals surface area contributed by atoms with E-state index in [1.54, 1.807) is 49.4 Å². The number of aromatic nitrogens is 4. The largest absolute Gasteiger partial charge is 0.382 e. The van der Waals surface area contributed by atoms with Gasteiger partial charge >= 0.3 is 0 Å². The van der Waals surface area contributed by atoms with E-state index in [2.05, 4.69) is 35.6 Å². The standard InChI is InChI=1S/C44H49F2N9O9S/c1-26(2)54-27(3)50-40-32(45)23-28(24-36(40)54)39-33(46)25-48-44(53-39)51-29-7-9-30(10-8-29)65(60)49-14-16-62-18-20-64-22-21-63-19-17-61-15-13-47-34-6-4-5-31-38(34)43(59)55(42(31)58)35-11-12-37(56)52-41(35)57/h4-10,23-26,35,47,49H,11-22H2,1-3H3,(H,48,51,53)(H,52,56,57). The summed E-state index contributed by atoms with van der Waals surface area (Å²) in [7, 11) is -1.51. The zero-order chi connectivity index (χ0) is 46.0. The number of aryl methyl sites for hydroxylation is 1. The van der Waals surface area contributed by atoms with Crippen LogP contribution in [0.3, 0.4) is 0 Å². The highest BCUT2D eigenvalue weighted by molar-refractivity contribution is 7.83. The summed E-state index contributed by atoms with van der Waals surface area (Å²) in [5, 5.41) is 8.33. The summed E-state index contributed by atoms with van der Waals surface area (Å²) in [6, 6.07) is 13.5. The third-order valence-electron chi connectivity index (χ3n) is 10.4. The maximum Gasteiger partial charge on any atom is 0.264 e. The molecule has 2 atom stereocenters. The molecule has 18 nitrogen and oxygen atoms in total. The van der Waals surface area contributed by atoms with E-state index in [-0.39, 0.29) is 52.7 Å². The first-order chi connectivity index (χ1) is 31.4. The number of imide groups is 2. The van der Waals surface area contributed by atoms with Crippen LogP contribution in [-0.4, -0.2) is 124 Å². The van der Waals surface area contributed by atoms with Crippen molar-refractivity contribution in [2.75, 3.05) is 76.6 Å². The molecule has 0 aliphatic carbocycles. The molecule has 21 heteroatoms. The molecule has 0 saturated carbocycles. The first-order valence-corrected chi connectivity index (χ1v) is 22.2. The minimum atomic E-state index is -1.51. The highest BCUT2D eigenvalue weighted by Crippen LogP contribution is 2.33. The summed E-state index contributed by atoms with van der Waals surface area (Å²) in [6.45, 7) is 9.08. The number of fused-ring (bicyclic) bond motifs is 2. The molecule has 0 spiro atoms. The van der Waals surface area contributed by atoms with Gasteiger partial charge < -0.3 is 34.1 Å². The van der Waals surface area contributed by atoms with Gasteiger partial charge in [0.15, 0.2) is 11.6 Å². The van der Waals surface area contributed by atoms with E-state index in [0.717, 1.165) is 11.1 Å². The Bertz CT molecular complexity index is 2580. The molecule has 0 radical (unpaired) electrons. The first kappa shape index (κ1) is 46.9. The molecule has 0 bridgehead atoms. The van der Waals surface area contributed by atoms with E-state index >= 15 is 4.39 Å². The predicted molar refractivity (Wildman–Crippen MR) is 235 cm³/mol. The lowest BCUT2D eigenvalue weighted by molar-refractivity contribution is -0.136. The van der Waals surface area contributed by atoms with Crippen LogP contribution in [0.15, 0.2) is 65.7 Å². The van der Waals surface area contributed by atoms with Gasteiger partial charge in [0, 0.05) is 42.5 Å². The van der Waals surface area contributed by atoms with Crippen LogP contribution >= 0.6 is 0 Å². The summed E-state index contributed by atoms with van der Waals surface area (Å²) in [5.41, 5.74) is 2.35. The Balaban J connectivity index is 0.722. The second-order valence-corrected chi connectivity index (χ2v) is 16.5. The lowest BCUT2D eigenvalue weighted by atomic mass is 10.0. The quantitative estimate of drug-likeness (QED) is 0.0521. The molecule has 3 aromatic carbocycles. The van der Waals surface area contributed by atoms with Gasteiger partial charge in [0.2, 0.25) is 17.8 Å². The number of hydrogen-bond donors (Lipinski definition) is 4. The van der Waals surface area contributed by atoms with Gasteiger partial charge in [-0.15, -0.1) is 0 Å². The Morgan fingerprint density at radius 2 is 1.52 bits per heavy atom. The molecule has 344 valence electrons. The number of amides is 4. The van der Waals surface area contributed by atoms with Crippen LogP contribution in [0.4, 0.5) is 26.1 Å². The highest BCUT2D eigenvalue weighted by atomic mass is 32.2. The number of imidazole rings is 1. The second-order valence-electron chi connectivity index (χ2n) is 15.2. The van der Waals surface area contributed by atoms with Crippen LogP contribution in [0.25, 0.3) is 22.3 Å². The number of rotatable bonds is 23. The monoisotopic (exact) mass is 917 g/mol. The molecule has 2 aromatic heterocycles. The van der Waals surface area contributed by atoms with Crippen molar-refractivity contribution in [3.63, 3.8) is 0 Å². The summed E-state index contributed by atoms with van der Waals surface area (Å²) in [6.07, 6.45) is 1.16. The van der Waals surface area contributed by atoms with Gasteiger partial charge in [-0.2, -0.15) is 0 Å². The molecular weight excluding hydrogens is 869 g/mol. The fraction of sp³-hybridized carbons (Fsp3) is 0.386. The Morgan fingerprint density at radius 3 is 2.20 bits per heavy atom. The molecule has 4 heterocycles. The fourth-order valence-electron chi connectivity index (χ4n) is 7.45. The number of piperidine rings is 1. The van der Waals surface area contributed by atoms with E-state index in [4.69, 9.17) is 18.9 Å². The van der Waals surface area contributed by atoms with Gasteiger partial charge in [-0.3, -0.25) is 29.4 Å². The minimum absolute atomic E-state index is 0.0140. The van der Waals surface area contributed by atoms with Crippen molar-refractivity contribution >= 4 is 63.0 Å². The second kappa shape index (κ2) is 21.7. The lowest BCUT2D eigenvalue weighted by Gasteiger charge is -2.27. The number of anilines is 3. The molecule has 2 aliphatic heterocycles. The fourth-order valence-corrected chi connectivity index (χ4v) is 8.27. The topological polar surface area (TPSA) is 217 Å². The highest BCUT2D eigenvalue weighted by Gasteiger charge is 2.45. The van der Waals surface area contributed by atoms with Crippen LogP contribution in [0, 0.1) is 18.6 Å². The average molecular weight is 918 g/mol. The molecule has 5 aromatic rings. The van der Waals surface area contributed by atoms with E-state index in [0.29, 0.717) is 93.6 Å². The minimum Gasteiger partial charge on any atom is -0.382 e. The van der Waals surface area contributed by atoms with Gasteiger partial charge in [0.25, 0.3) is 11.8 Å². The molecule has 4 N–H and O–H groups in total. The third-order valence-corrected chi connectivity index (χ3v) is 11.6. The van der Waals surface area contributed by atoms with Gasteiger partial charge in [-0.05, 0) is 75.7 Å². The third kappa shape index (κ3) is 11.2. The number of ether oxygens (including phenoxy) is 4. The Morgan fingerprint density at radius 1 is 0.846 bits per heavy atom. The number of nitrogens with one attached hydrogen (secondary N) is 4. The Kier molecular flexibility index (Phi) is 15.7. The van der Waals surface area contributed by atoms with Gasteiger partial charge in [-0.25, -0.2) is 32.7 Å². The maximum absolute atomic E-state index is 15.1. The van der Waals surface area contributed by atoms with Crippen molar-refractivity contribution in [1.29, 1.82) is 0 Å². The van der Waals surface area contributed by atoms with Crippen LogP contribution in [-0.2, 0) is 39.5 Å². The average Bonchev–Trinajstić information content (AvgIpc) is 3.76. The molecule has 2 unspecified atom stereocenters. The van der Waals surface area contributed by atoms with Crippen LogP contribution in [0.5, 0.6) is 0 Å². The van der Waals surface area contributed by atoms with E-state index in [1.165, 1.54) is 12.1 Å². The normalized spacial score (nSPS) is 15.5. The summed E-state index contributed by atoms with van der Waals surface area (Å²) in [5.74, 6) is -2.77. The molecule has 1 fully saturated rings. The van der Waals surface area contributed by atoms with Crippen LogP contribution < -0.4 is 20.7 Å². The molecule has 65 heavy (non-hydrogen) atoms. The number of nitrogens with zero attached hydrogens (tertiary/aromatic N) is 5. The predicted octanol–water partition coefficient (Wildman–Crippen LogP) is 4.60. The number of carbonyl (C=O) groups is 4. The van der Waals surface area contributed by atoms with E-state index in [1.807, 2.05) is 18.4 Å². The van der Waals surface area contributed by atoms with Gasteiger partial charge in [0.1, 0.15) is 34.1 Å². The zero-order valence-corrected chi connectivity index (χ0v) is 36.8. The number of benzene rings is 3. The van der Waals surface area contributed by atoms with E-state index < -0.39 is 52.3 Å². The SMILES string of the molecule is Cc1nc2c(F)cc(-c3nc(Nc4ccc(S(=O)NCCOCCOCCOCCOCCNc5cccc6c5C(=O)N(C5CCC(=O)NC5=O)C6=O)cc4)ncc3F)cc2n1C(C)C. The molecule has 1 saturated heterocycles. The van der Waals surface area contributed by atoms with Crippen molar-refractivity contribution in [3.8, 4) is 11.3 Å². The summed E-state index contributed by atoms with van der Waals surface area (Å²) < 4.78 is 69.9. The van der Waals surface area contributed by atoms with Crippen molar-refractivity contribution in [2.24, 2.45) is 0 Å². The zero-order valence-electron chi connectivity index (χ0n) is 36.0. The molecule has 4 amide bonds. The van der Waals surface area contributed by atoms with Gasteiger partial charge in [0.05, 0.1) is 80.6 Å². The van der Waals surface area contributed by atoms with Crippen LogP contribution in [0.2, 0.25) is 0 Å². The van der Waals surface area contributed by atoms with Crippen molar-refractivity contribution in [3.05, 3.63) is 89.4 Å². The smallest absolute Gasteiger partial charge is 0.264 e. The molecule has 2 aliphatic rings. The number of carbonyl (C=O) groups excluding carboxylic acids is 4. The molecular formula is C44H49F2N9O9S.